The Labute approximate surface area is 470 Å². The summed E-state index contributed by atoms with van der Waals surface area (Å²) in [6.07, 6.45) is -0.222. The van der Waals surface area contributed by atoms with Crippen molar-refractivity contribution in [1.82, 2.24) is 35.3 Å². The number of esters is 1. The van der Waals surface area contributed by atoms with Crippen molar-refractivity contribution in [3.05, 3.63) is 52.9 Å². The van der Waals surface area contributed by atoms with Crippen LogP contribution in [0, 0.1) is 40.9 Å². The molecule has 1 amide bonds. The highest BCUT2D eigenvalue weighted by molar-refractivity contribution is 5.76. The molecule has 0 radical (unpaired) electrons. The average molecular weight is 1190 g/mol. The molecule has 0 bridgehead atoms. The van der Waals surface area contributed by atoms with E-state index in [1.807, 2.05) is 0 Å². The zero-order valence-corrected chi connectivity index (χ0v) is 45.6. The lowest BCUT2D eigenvalue weighted by Gasteiger charge is -2.34. The third-order valence-electron chi connectivity index (χ3n) is 12.9. The summed E-state index contributed by atoms with van der Waals surface area (Å²) in [5, 5.41) is 79.1. The largest absolute Gasteiger partial charge is 0.420 e. The minimum atomic E-state index is -2.39. The number of hydrogen-bond donors (Lipinski definition) is 7. The SMILES string of the molecule is O=C(CCOCCOCCC(=O)Oc1c(F)c(F)c(F)c(F)c1F)NC(COCCOCCOCCn1cc(CCOC[C@H]2C[C@@H](O)C[C@@H](O)[C@H]2O)nn1)COCCOCCOCCn1cc(CCOC[C@H]2C[C@@H](O)C[C@@H](O)[C@H]2O)nn1. The molecule has 2 saturated carbocycles. The first-order chi connectivity index (χ1) is 39.6. The number of carbonyl (C=O) groups is 2. The molecule has 2 aromatic heterocycles. The summed E-state index contributed by atoms with van der Waals surface area (Å²) in [6.45, 7) is 4.51. The molecule has 26 nitrogen and oxygen atoms in total. The molecule has 3 aromatic rings. The Morgan fingerprint density at radius 1 is 0.500 bits per heavy atom. The molecule has 82 heavy (non-hydrogen) atoms. The van der Waals surface area contributed by atoms with Gasteiger partial charge in [0.15, 0.2) is 0 Å². The van der Waals surface area contributed by atoms with E-state index in [9.17, 15) is 62.2 Å². The zero-order chi connectivity index (χ0) is 59.1. The van der Waals surface area contributed by atoms with Gasteiger partial charge in [-0.1, -0.05) is 10.4 Å². The van der Waals surface area contributed by atoms with Gasteiger partial charge in [0.05, 0.1) is 206 Å². The fourth-order valence-corrected chi connectivity index (χ4v) is 8.48. The van der Waals surface area contributed by atoms with Crippen LogP contribution < -0.4 is 10.1 Å². The highest BCUT2D eigenvalue weighted by Crippen LogP contribution is 2.30. The zero-order valence-electron chi connectivity index (χ0n) is 45.6. The van der Waals surface area contributed by atoms with Crippen LogP contribution in [-0.2, 0) is 82.9 Å². The lowest BCUT2D eigenvalue weighted by molar-refractivity contribution is -0.136. The van der Waals surface area contributed by atoms with Gasteiger partial charge < -0.3 is 88.1 Å². The second-order valence-electron chi connectivity index (χ2n) is 19.4. The highest BCUT2D eigenvalue weighted by atomic mass is 19.2. The standard InChI is InChI=1S/C51H78F5N7O19/c52-44-45(53)47(55)51(48(56)46(44)54)82-43(69)4-10-73-14-13-72-9-3-42(68)57-37(31-80-21-19-76-17-15-74-11-5-62-27-35(58-60-62)1-7-78-29-33-23-38(64)25-40(66)49(33)70)32-81-22-20-77-18-16-75-12-6-63-28-36(59-61-63)2-8-79-30-34-24-39(65)26-41(67)50(34)71/h27-28,33-34,37-41,49-50,64-67,70-71H,1-26,29-32H2,(H,57,68)/t33-,34-,38-,39-,40-,41-,49+,50+/m1/s1. The normalized spacial score (nSPS) is 21.2. The van der Waals surface area contributed by atoms with Crippen LogP contribution in [0.25, 0.3) is 0 Å². The number of hydrogen-bond acceptors (Lipinski definition) is 23. The summed E-state index contributed by atoms with van der Waals surface area (Å²) in [5.74, 6) is -15.6. The summed E-state index contributed by atoms with van der Waals surface area (Å²) in [5.41, 5.74) is 1.43. The fourth-order valence-electron chi connectivity index (χ4n) is 8.48. The monoisotopic (exact) mass is 1190 g/mol. The van der Waals surface area contributed by atoms with Gasteiger partial charge in [-0.15, -0.1) is 10.2 Å². The van der Waals surface area contributed by atoms with Crippen LogP contribution in [0.4, 0.5) is 22.0 Å². The quantitative estimate of drug-likeness (QED) is 0.00927. The molecule has 31 heteroatoms. The first-order valence-corrected chi connectivity index (χ1v) is 27.2. The molecule has 0 spiro atoms. The summed E-state index contributed by atoms with van der Waals surface area (Å²) < 4.78 is 131. The van der Waals surface area contributed by atoms with Gasteiger partial charge >= 0.3 is 5.97 Å². The second-order valence-corrected chi connectivity index (χ2v) is 19.4. The molecular weight excluding hydrogens is 1110 g/mol. The molecule has 0 saturated heterocycles. The molecule has 2 fully saturated rings. The molecule has 5 rings (SSSR count). The number of nitrogens with one attached hydrogen (secondary N) is 1. The van der Waals surface area contributed by atoms with Crippen molar-refractivity contribution in [1.29, 1.82) is 0 Å². The van der Waals surface area contributed by atoms with Crippen molar-refractivity contribution in [2.24, 2.45) is 11.8 Å². The summed E-state index contributed by atoms with van der Waals surface area (Å²) >= 11 is 0. The van der Waals surface area contributed by atoms with E-state index in [1.165, 1.54) is 0 Å². The fraction of sp³-hybridized carbons (Fsp3) is 0.765. The van der Waals surface area contributed by atoms with Gasteiger partial charge in [0.2, 0.25) is 40.7 Å². The second kappa shape index (κ2) is 38.4. The summed E-state index contributed by atoms with van der Waals surface area (Å²) in [7, 11) is 0. The molecule has 2 aliphatic rings. The van der Waals surface area contributed by atoms with Gasteiger partial charge in [-0.3, -0.25) is 9.59 Å². The smallest absolute Gasteiger partial charge is 0.313 e. The van der Waals surface area contributed by atoms with Gasteiger partial charge in [0, 0.05) is 56.3 Å². The molecule has 2 aliphatic carbocycles. The third kappa shape index (κ3) is 25.3. The third-order valence-corrected chi connectivity index (χ3v) is 12.9. The van der Waals surface area contributed by atoms with Crippen LogP contribution in [0.2, 0.25) is 0 Å². The Balaban J connectivity index is 0.898. The topological polar surface area (TPSA) is 330 Å². The number of aromatic nitrogens is 6. The minimum absolute atomic E-state index is 0.0161. The predicted molar refractivity (Wildman–Crippen MR) is 270 cm³/mol. The van der Waals surface area contributed by atoms with Gasteiger partial charge in [0.1, 0.15) is 0 Å². The van der Waals surface area contributed by atoms with Crippen LogP contribution >= 0.6 is 0 Å². The maximum absolute atomic E-state index is 13.8. The summed E-state index contributed by atoms with van der Waals surface area (Å²) in [4.78, 5) is 24.8. The predicted octanol–water partition coefficient (Wildman–Crippen LogP) is -0.628. The van der Waals surface area contributed by atoms with Crippen molar-refractivity contribution in [2.45, 2.75) is 107 Å². The van der Waals surface area contributed by atoms with E-state index in [1.54, 1.807) is 21.8 Å². The molecule has 2 heterocycles. The number of nitrogens with zero attached hydrogens (tertiary/aromatic N) is 6. The Kier molecular flexibility index (Phi) is 32.0. The number of halogens is 5. The van der Waals surface area contributed by atoms with Gasteiger partial charge in [-0.05, 0) is 12.8 Å². The van der Waals surface area contributed by atoms with Crippen molar-refractivity contribution in [2.75, 3.05) is 132 Å². The Bertz CT molecular complexity index is 2160. The molecule has 1 aromatic carbocycles. The number of amides is 1. The minimum Gasteiger partial charge on any atom is -0.420 e. The van der Waals surface area contributed by atoms with Gasteiger partial charge in [-0.2, -0.15) is 8.78 Å². The number of ether oxygens (including phenoxy) is 11. The number of benzene rings is 1. The van der Waals surface area contributed by atoms with Crippen LogP contribution in [0.5, 0.6) is 5.75 Å². The van der Waals surface area contributed by atoms with E-state index in [2.05, 4.69) is 30.7 Å². The van der Waals surface area contributed by atoms with Crippen LogP contribution in [-0.4, -0.2) is 247 Å². The number of aliphatic hydroxyl groups excluding tert-OH is 6. The molecule has 466 valence electrons. The lowest BCUT2D eigenvalue weighted by Crippen LogP contribution is -2.44. The maximum atomic E-state index is 13.8. The van der Waals surface area contributed by atoms with E-state index >= 15 is 0 Å². The molecule has 0 unspecified atom stereocenters. The highest BCUT2D eigenvalue weighted by Gasteiger charge is 2.36. The molecular formula is C51H78F5N7O19. The number of aliphatic hydroxyl groups is 6. The van der Waals surface area contributed by atoms with Crippen molar-refractivity contribution < 1.29 is 114 Å². The Morgan fingerprint density at radius 2 is 0.890 bits per heavy atom. The van der Waals surface area contributed by atoms with E-state index in [0.29, 0.717) is 103 Å². The van der Waals surface area contributed by atoms with E-state index in [4.69, 9.17) is 47.4 Å². The van der Waals surface area contributed by atoms with Gasteiger partial charge in [0.25, 0.3) is 0 Å². The molecule has 0 aliphatic heterocycles. The first kappa shape index (κ1) is 68.2. The van der Waals surface area contributed by atoms with E-state index in [0.717, 1.165) is 0 Å². The number of rotatable bonds is 43. The van der Waals surface area contributed by atoms with E-state index < -0.39 is 89.9 Å². The maximum Gasteiger partial charge on any atom is 0.313 e. The first-order valence-electron chi connectivity index (χ1n) is 27.2. The van der Waals surface area contributed by atoms with Crippen LogP contribution in [0.1, 0.15) is 49.9 Å². The van der Waals surface area contributed by atoms with Crippen LogP contribution in [0.15, 0.2) is 12.4 Å². The Morgan fingerprint density at radius 3 is 1.34 bits per heavy atom. The number of carbonyl (C=O) groups excluding carboxylic acids is 2. The Hall–Kier alpha value is -4.55. The van der Waals surface area contributed by atoms with Crippen molar-refractivity contribution in [3.63, 3.8) is 0 Å². The van der Waals surface area contributed by atoms with E-state index in [-0.39, 0.29) is 116 Å². The van der Waals surface area contributed by atoms with Crippen molar-refractivity contribution >= 4 is 11.9 Å². The lowest BCUT2D eigenvalue weighted by atomic mass is 9.83. The molecule has 7 N–H and O–H groups in total. The summed E-state index contributed by atoms with van der Waals surface area (Å²) in [6, 6.07) is -0.567. The average Bonchev–Trinajstić information content (AvgIpc) is 4.23. The van der Waals surface area contributed by atoms with Crippen molar-refractivity contribution in [3.8, 4) is 5.75 Å². The van der Waals surface area contributed by atoms with Crippen LogP contribution in [0.3, 0.4) is 0 Å². The van der Waals surface area contributed by atoms with Gasteiger partial charge in [-0.25, -0.2) is 22.5 Å². The molecule has 8 atom stereocenters.